The average Bonchev–Trinajstić information content (AvgIpc) is 3.48. The third-order valence-electron chi connectivity index (χ3n) is 8.06. The summed E-state index contributed by atoms with van der Waals surface area (Å²) in [6.45, 7) is 11.3. The van der Waals surface area contributed by atoms with E-state index in [4.69, 9.17) is 4.42 Å². The van der Waals surface area contributed by atoms with Gasteiger partial charge < -0.3 is 4.42 Å². The highest BCUT2D eigenvalue weighted by Crippen LogP contribution is 2.38. The molecule has 4 heteroatoms. The standard InChI is InChI=1S/C35H37N3O/c1-22(2)25-13-10-14-26(23(3)4)33(25)38-21-20-36(6)35(38)30-16-11-15-29(37(30)7)32-24(5)18-19-28-27-12-8-9-17-31(27)39-34(28)32/h8-23H,1-7H3/q+2. The molecule has 0 atom stereocenters. The smallest absolute Gasteiger partial charge is 0.359 e. The number of aryl methyl sites for hydroxylation is 2. The maximum atomic E-state index is 6.48. The predicted molar refractivity (Wildman–Crippen MR) is 159 cm³/mol. The first-order valence-corrected chi connectivity index (χ1v) is 13.9. The lowest BCUT2D eigenvalue weighted by Gasteiger charge is -2.17. The first-order chi connectivity index (χ1) is 18.8. The summed E-state index contributed by atoms with van der Waals surface area (Å²) in [6.07, 6.45) is 4.37. The number of aromatic nitrogens is 3. The lowest BCUT2D eigenvalue weighted by atomic mass is 9.92. The van der Waals surface area contributed by atoms with Crippen LogP contribution in [0.2, 0.25) is 0 Å². The van der Waals surface area contributed by atoms with Crippen LogP contribution in [0.1, 0.15) is 56.2 Å². The monoisotopic (exact) mass is 515 g/mol. The van der Waals surface area contributed by atoms with Gasteiger partial charge in [0.25, 0.3) is 5.69 Å². The molecule has 0 spiro atoms. The molecule has 0 amide bonds. The maximum absolute atomic E-state index is 6.48. The number of hydrogen-bond acceptors (Lipinski definition) is 1. The van der Waals surface area contributed by atoms with E-state index in [1.165, 1.54) is 22.4 Å². The van der Waals surface area contributed by atoms with Gasteiger partial charge in [-0.25, -0.2) is 4.57 Å². The van der Waals surface area contributed by atoms with Crippen molar-refractivity contribution in [1.82, 2.24) is 4.57 Å². The summed E-state index contributed by atoms with van der Waals surface area (Å²) >= 11 is 0. The fourth-order valence-electron chi connectivity index (χ4n) is 6.02. The first-order valence-electron chi connectivity index (χ1n) is 13.9. The Morgan fingerprint density at radius 3 is 2.10 bits per heavy atom. The highest BCUT2D eigenvalue weighted by Gasteiger charge is 2.32. The van der Waals surface area contributed by atoms with Crippen molar-refractivity contribution in [1.29, 1.82) is 0 Å². The summed E-state index contributed by atoms with van der Waals surface area (Å²) in [4.78, 5) is 0. The molecule has 0 aliphatic carbocycles. The van der Waals surface area contributed by atoms with Gasteiger partial charge in [0.1, 0.15) is 36.3 Å². The Morgan fingerprint density at radius 1 is 0.718 bits per heavy atom. The second kappa shape index (κ2) is 9.53. The highest BCUT2D eigenvalue weighted by atomic mass is 16.3. The molecule has 0 unspecified atom stereocenters. The van der Waals surface area contributed by atoms with Crippen LogP contribution in [0.5, 0.6) is 0 Å². The zero-order valence-electron chi connectivity index (χ0n) is 24.0. The molecule has 6 rings (SSSR count). The molecule has 3 aromatic heterocycles. The van der Waals surface area contributed by atoms with Crippen LogP contribution >= 0.6 is 0 Å². The molecule has 0 radical (unpaired) electrons. The fourth-order valence-corrected chi connectivity index (χ4v) is 6.02. The Bertz CT molecular complexity index is 1830. The van der Waals surface area contributed by atoms with Crippen molar-refractivity contribution in [3.8, 4) is 28.5 Å². The number of imidazole rings is 1. The van der Waals surface area contributed by atoms with Crippen LogP contribution < -0.4 is 9.13 Å². The average molecular weight is 516 g/mol. The second-order valence-corrected chi connectivity index (χ2v) is 11.3. The van der Waals surface area contributed by atoms with Gasteiger partial charge in [0.15, 0.2) is 0 Å². The maximum Gasteiger partial charge on any atom is 0.359 e. The number of pyridine rings is 1. The molecule has 39 heavy (non-hydrogen) atoms. The van der Waals surface area contributed by atoms with Gasteiger partial charge in [0.05, 0.1) is 12.6 Å². The van der Waals surface area contributed by atoms with Gasteiger partial charge in [-0.2, -0.15) is 9.13 Å². The number of nitrogens with zero attached hydrogens (tertiary/aromatic N) is 3. The quantitative estimate of drug-likeness (QED) is 0.214. The van der Waals surface area contributed by atoms with Crippen molar-refractivity contribution < 1.29 is 13.6 Å². The van der Waals surface area contributed by atoms with Crippen LogP contribution in [0.15, 0.2) is 89.6 Å². The van der Waals surface area contributed by atoms with Gasteiger partial charge in [-0.3, -0.25) is 0 Å². The minimum Gasteiger partial charge on any atom is -0.455 e. The topological polar surface area (TPSA) is 25.8 Å². The number of hydrogen-bond donors (Lipinski definition) is 0. The number of rotatable bonds is 5. The number of fused-ring (bicyclic) bond motifs is 3. The molecule has 0 N–H and O–H groups in total. The van der Waals surface area contributed by atoms with E-state index in [1.54, 1.807) is 0 Å². The minimum absolute atomic E-state index is 0.410. The fraction of sp³-hybridized carbons (Fsp3) is 0.257. The van der Waals surface area contributed by atoms with E-state index >= 15 is 0 Å². The third-order valence-corrected chi connectivity index (χ3v) is 8.06. The van der Waals surface area contributed by atoms with Crippen LogP contribution in [0, 0.1) is 6.92 Å². The molecule has 0 fully saturated rings. The molecule has 0 aliphatic rings. The molecule has 0 saturated heterocycles. The van der Waals surface area contributed by atoms with Crippen molar-refractivity contribution in [2.45, 2.75) is 46.5 Å². The molecular weight excluding hydrogens is 478 g/mol. The molecule has 4 nitrogen and oxygen atoms in total. The van der Waals surface area contributed by atoms with Gasteiger partial charge in [-0.1, -0.05) is 76.2 Å². The van der Waals surface area contributed by atoms with Gasteiger partial charge >= 0.3 is 5.82 Å². The molecule has 196 valence electrons. The Hall–Kier alpha value is -4.18. The first kappa shape index (κ1) is 25.1. The van der Waals surface area contributed by atoms with Crippen molar-refractivity contribution in [2.75, 3.05) is 0 Å². The van der Waals surface area contributed by atoms with E-state index in [0.717, 1.165) is 44.7 Å². The molecule has 0 aliphatic heterocycles. The summed E-state index contributed by atoms with van der Waals surface area (Å²) in [5.41, 5.74) is 10.5. The summed E-state index contributed by atoms with van der Waals surface area (Å²) < 4.78 is 13.4. The Labute approximate surface area is 230 Å². The summed E-state index contributed by atoms with van der Waals surface area (Å²) in [7, 11) is 4.30. The van der Waals surface area contributed by atoms with E-state index in [-0.39, 0.29) is 0 Å². The number of benzene rings is 3. The van der Waals surface area contributed by atoms with Crippen molar-refractivity contribution >= 4 is 21.9 Å². The largest absolute Gasteiger partial charge is 0.455 e. The van der Waals surface area contributed by atoms with E-state index in [0.29, 0.717) is 11.8 Å². The normalized spacial score (nSPS) is 11.9. The van der Waals surface area contributed by atoms with Crippen LogP contribution in [-0.4, -0.2) is 4.57 Å². The predicted octanol–water partition coefficient (Wildman–Crippen LogP) is 7.91. The van der Waals surface area contributed by atoms with Crippen LogP contribution in [0.3, 0.4) is 0 Å². The van der Waals surface area contributed by atoms with E-state index < -0.39 is 0 Å². The van der Waals surface area contributed by atoms with E-state index in [1.807, 2.05) is 6.07 Å². The third kappa shape index (κ3) is 3.97. The summed E-state index contributed by atoms with van der Waals surface area (Å²) in [5.74, 6) is 1.96. The van der Waals surface area contributed by atoms with Gasteiger partial charge in [0, 0.05) is 34.0 Å². The van der Waals surface area contributed by atoms with E-state index in [2.05, 4.69) is 142 Å². The van der Waals surface area contributed by atoms with E-state index in [9.17, 15) is 0 Å². The molecule has 0 bridgehead atoms. The molecular formula is C35H37N3O+2. The van der Waals surface area contributed by atoms with Gasteiger partial charge in [-0.05, 0) is 36.5 Å². The number of para-hydroxylation sites is 2. The summed E-state index contributed by atoms with van der Waals surface area (Å²) in [5, 5.41) is 2.30. The lowest BCUT2D eigenvalue weighted by Crippen LogP contribution is -2.40. The minimum atomic E-state index is 0.410. The zero-order valence-corrected chi connectivity index (χ0v) is 24.0. The lowest BCUT2D eigenvalue weighted by molar-refractivity contribution is -0.685. The number of furan rings is 1. The van der Waals surface area contributed by atoms with Crippen molar-refractivity contribution in [3.63, 3.8) is 0 Å². The molecule has 0 saturated carbocycles. The van der Waals surface area contributed by atoms with Crippen LogP contribution in [0.25, 0.3) is 50.4 Å². The van der Waals surface area contributed by atoms with Crippen molar-refractivity contribution in [3.05, 3.63) is 102 Å². The highest BCUT2D eigenvalue weighted by molar-refractivity contribution is 6.09. The van der Waals surface area contributed by atoms with Crippen LogP contribution in [-0.2, 0) is 14.1 Å². The second-order valence-electron chi connectivity index (χ2n) is 11.3. The summed E-state index contributed by atoms with van der Waals surface area (Å²) in [6, 6.07) is 26.0. The molecule has 6 aromatic rings. The SMILES string of the molecule is Cc1ccc2c(oc3ccccc32)c1-c1cccc(-c2n(-c3c(C(C)C)cccc3C(C)C)cc[n+]2C)[n+]1C. The Kier molecular flexibility index (Phi) is 6.14. The van der Waals surface area contributed by atoms with Gasteiger partial charge in [0.2, 0.25) is 5.69 Å². The molecule has 3 heterocycles. The van der Waals surface area contributed by atoms with Crippen LogP contribution in [0.4, 0.5) is 0 Å². The zero-order chi connectivity index (χ0) is 27.4. The Balaban J connectivity index is 1.62. The van der Waals surface area contributed by atoms with Crippen molar-refractivity contribution in [2.24, 2.45) is 14.1 Å². The molecule has 3 aromatic carbocycles. The Morgan fingerprint density at radius 2 is 1.38 bits per heavy atom. The van der Waals surface area contributed by atoms with Gasteiger partial charge in [-0.15, -0.1) is 0 Å².